The van der Waals surface area contributed by atoms with Crippen LogP contribution in [0.25, 0.3) is 0 Å². The minimum absolute atomic E-state index is 0.00220. The van der Waals surface area contributed by atoms with Gasteiger partial charge in [-0.2, -0.15) is 0 Å². The molecule has 0 fully saturated rings. The first-order valence-electron chi connectivity index (χ1n) is 4.95. The summed E-state index contributed by atoms with van der Waals surface area (Å²) in [5.41, 5.74) is 0. The van der Waals surface area contributed by atoms with Crippen LogP contribution in [-0.4, -0.2) is 9.97 Å². The minimum Gasteiger partial charge on any atom is -0.444 e. The van der Waals surface area contributed by atoms with Gasteiger partial charge in [-0.25, -0.2) is 9.97 Å². The molecule has 5 heteroatoms. The molecule has 0 aromatic carbocycles. The molecule has 0 saturated carbocycles. The number of aromatic nitrogens is 2. The molecule has 0 spiro atoms. The molecule has 0 saturated heterocycles. The molecule has 0 amide bonds. The average molecular weight is 282 g/mol. The Morgan fingerprint density at radius 3 is 2.69 bits per heavy atom. The van der Waals surface area contributed by atoms with E-state index in [9.17, 15) is 0 Å². The summed E-state index contributed by atoms with van der Waals surface area (Å²) >= 11 is 3.34. The van der Waals surface area contributed by atoms with Gasteiger partial charge in [0.25, 0.3) is 0 Å². The van der Waals surface area contributed by atoms with Crippen molar-refractivity contribution >= 4 is 21.7 Å². The fourth-order valence-electron chi connectivity index (χ4n) is 1.32. The Labute approximate surface area is 102 Å². The van der Waals surface area contributed by atoms with Gasteiger partial charge in [-0.1, -0.05) is 0 Å². The van der Waals surface area contributed by atoms with Crippen LogP contribution < -0.4 is 5.32 Å². The first-order chi connectivity index (χ1) is 7.65. The van der Waals surface area contributed by atoms with Gasteiger partial charge >= 0.3 is 0 Å². The molecule has 4 nitrogen and oxygen atoms in total. The van der Waals surface area contributed by atoms with Crippen molar-refractivity contribution in [3.63, 3.8) is 0 Å². The zero-order valence-corrected chi connectivity index (χ0v) is 10.7. The number of hydrogen-bond donors (Lipinski definition) is 1. The predicted octanol–water partition coefficient (Wildman–Crippen LogP) is 3.31. The molecule has 1 atom stereocenters. The SMILES string of the molecule is Cc1cnc(C(C)Nc2ccc(Br)cn2)o1. The molecule has 1 unspecified atom stereocenters. The van der Waals surface area contributed by atoms with Gasteiger partial charge in [-0.05, 0) is 41.9 Å². The Bertz CT molecular complexity index is 466. The largest absolute Gasteiger partial charge is 0.444 e. The number of oxazole rings is 1. The second-order valence-electron chi connectivity index (χ2n) is 3.54. The summed E-state index contributed by atoms with van der Waals surface area (Å²) in [6, 6.07) is 3.83. The van der Waals surface area contributed by atoms with Crippen LogP contribution in [0.5, 0.6) is 0 Å². The topological polar surface area (TPSA) is 51.0 Å². The number of nitrogens with one attached hydrogen (secondary N) is 1. The highest BCUT2D eigenvalue weighted by molar-refractivity contribution is 9.10. The van der Waals surface area contributed by atoms with Crippen molar-refractivity contribution < 1.29 is 4.42 Å². The number of nitrogens with zero attached hydrogens (tertiary/aromatic N) is 2. The second kappa shape index (κ2) is 4.65. The van der Waals surface area contributed by atoms with Gasteiger partial charge in [0.05, 0.1) is 6.20 Å². The standard InChI is InChI=1S/C11H12BrN3O/c1-7-5-14-11(16-7)8(2)15-10-4-3-9(12)6-13-10/h3-6,8H,1-2H3,(H,13,15). The van der Waals surface area contributed by atoms with Crippen LogP contribution in [0.15, 0.2) is 33.4 Å². The van der Waals surface area contributed by atoms with E-state index in [1.165, 1.54) is 0 Å². The van der Waals surface area contributed by atoms with E-state index in [1.807, 2.05) is 26.0 Å². The van der Waals surface area contributed by atoms with E-state index in [2.05, 4.69) is 31.2 Å². The van der Waals surface area contributed by atoms with E-state index in [0.717, 1.165) is 16.1 Å². The van der Waals surface area contributed by atoms with Gasteiger partial charge < -0.3 is 9.73 Å². The Kier molecular flexibility index (Phi) is 3.24. The third kappa shape index (κ3) is 2.61. The predicted molar refractivity (Wildman–Crippen MR) is 65.2 cm³/mol. The summed E-state index contributed by atoms with van der Waals surface area (Å²) in [4.78, 5) is 8.39. The fraction of sp³-hybridized carbons (Fsp3) is 0.273. The Morgan fingerprint density at radius 2 is 2.12 bits per heavy atom. The molecular weight excluding hydrogens is 270 g/mol. The van der Waals surface area contributed by atoms with Gasteiger partial charge in [0.1, 0.15) is 17.6 Å². The lowest BCUT2D eigenvalue weighted by molar-refractivity contribution is 0.453. The molecule has 0 radical (unpaired) electrons. The molecule has 2 heterocycles. The maximum absolute atomic E-state index is 5.43. The van der Waals surface area contributed by atoms with Crippen molar-refractivity contribution in [3.8, 4) is 0 Å². The van der Waals surface area contributed by atoms with Crippen LogP contribution >= 0.6 is 15.9 Å². The summed E-state index contributed by atoms with van der Waals surface area (Å²) in [5, 5.41) is 3.21. The van der Waals surface area contributed by atoms with Crippen LogP contribution in [-0.2, 0) is 0 Å². The molecule has 0 aliphatic carbocycles. The lowest BCUT2D eigenvalue weighted by Gasteiger charge is -2.10. The third-order valence-corrected chi connectivity index (χ3v) is 2.57. The molecule has 16 heavy (non-hydrogen) atoms. The molecule has 2 aromatic rings. The van der Waals surface area contributed by atoms with Crippen LogP contribution in [0.1, 0.15) is 24.6 Å². The van der Waals surface area contributed by atoms with E-state index >= 15 is 0 Å². The quantitative estimate of drug-likeness (QED) is 0.938. The van der Waals surface area contributed by atoms with Gasteiger partial charge in [0, 0.05) is 10.7 Å². The molecule has 0 bridgehead atoms. The smallest absolute Gasteiger partial charge is 0.216 e. The lowest BCUT2D eigenvalue weighted by Crippen LogP contribution is -2.07. The highest BCUT2D eigenvalue weighted by Crippen LogP contribution is 2.18. The number of halogens is 1. The first kappa shape index (κ1) is 11.1. The first-order valence-corrected chi connectivity index (χ1v) is 5.75. The average Bonchev–Trinajstić information content (AvgIpc) is 2.68. The van der Waals surface area contributed by atoms with Crippen LogP contribution in [0.2, 0.25) is 0 Å². The molecular formula is C11H12BrN3O. The third-order valence-electron chi connectivity index (χ3n) is 2.10. The van der Waals surface area contributed by atoms with Gasteiger partial charge in [-0.15, -0.1) is 0 Å². The van der Waals surface area contributed by atoms with Crippen LogP contribution in [0.3, 0.4) is 0 Å². The zero-order valence-electron chi connectivity index (χ0n) is 9.07. The maximum atomic E-state index is 5.43. The summed E-state index contributed by atoms with van der Waals surface area (Å²) in [6.07, 6.45) is 3.46. The molecule has 0 aliphatic rings. The monoisotopic (exact) mass is 281 g/mol. The second-order valence-corrected chi connectivity index (χ2v) is 4.45. The van der Waals surface area contributed by atoms with E-state index < -0.39 is 0 Å². The van der Waals surface area contributed by atoms with Crippen molar-refractivity contribution in [1.82, 2.24) is 9.97 Å². The van der Waals surface area contributed by atoms with Crippen molar-refractivity contribution in [2.24, 2.45) is 0 Å². The zero-order chi connectivity index (χ0) is 11.5. The molecule has 0 aliphatic heterocycles. The lowest BCUT2D eigenvalue weighted by atomic mass is 10.3. The molecule has 84 valence electrons. The van der Waals surface area contributed by atoms with Gasteiger partial charge in [-0.3, -0.25) is 0 Å². The summed E-state index contributed by atoms with van der Waals surface area (Å²) in [7, 11) is 0. The highest BCUT2D eigenvalue weighted by Gasteiger charge is 2.11. The number of rotatable bonds is 3. The fourth-order valence-corrected chi connectivity index (χ4v) is 1.55. The number of hydrogen-bond acceptors (Lipinski definition) is 4. The molecule has 2 aromatic heterocycles. The van der Waals surface area contributed by atoms with E-state index in [4.69, 9.17) is 4.42 Å². The minimum atomic E-state index is 0.00220. The van der Waals surface area contributed by atoms with E-state index in [1.54, 1.807) is 12.4 Å². The Balaban J connectivity index is 2.07. The highest BCUT2D eigenvalue weighted by atomic mass is 79.9. The van der Waals surface area contributed by atoms with Crippen molar-refractivity contribution in [1.29, 1.82) is 0 Å². The van der Waals surface area contributed by atoms with Crippen molar-refractivity contribution in [2.75, 3.05) is 5.32 Å². The number of anilines is 1. The van der Waals surface area contributed by atoms with E-state index in [-0.39, 0.29) is 6.04 Å². The summed E-state index contributed by atoms with van der Waals surface area (Å²) in [5.74, 6) is 2.28. The number of aryl methyl sites for hydroxylation is 1. The van der Waals surface area contributed by atoms with Crippen molar-refractivity contribution in [3.05, 3.63) is 40.7 Å². The molecule has 1 N–H and O–H groups in total. The van der Waals surface area contributed by atoms with Crippen LogP contribution in [0.4, 0.5) is 5.82 Å². The van der Waals surface area contributed by atoms with Gasteiger partial charge in [0.15, 0.2) is 0 Å². The number of pyridine rings is 1. The summed E-state index contributed by atoms with van der Waals surface area (Å²) in [6.45, 7) is 3.86. The normalized spacial score (nSPS) is 12.4. The Morgan fingerprint density at radius 1 is 1.31 bits per heavy atom. The van der Waals surface area contributed by atoms with Crippen LogP contribution in [0, 0.1) is 6.92 Å². The summed E-state index contributed by atoms with van der Waals surface area (Å²) < 4.78 is 6.39. The maximum Gasteiger partial charge on any atom is 0.216 e. The van der Waals surface area contributed by atoms with Gasteiger partial charge in [0.2, 0.25) is 5.89 Å². The van der Waals surface area contributed by atoms with Crippen molar-refractivity contribution in [2.45, 2.75) is 19.9 Å². The Hall–Kier alpha value is -1.36. The molecule has 2 rings (SSSR count). The van der Waals surface area contributed by atoms with E-state index in [0.29, 0.717) is 5.89 Å².